The number of carbonyl (C=O) groups excluding carboxylic acids is 4. The summed E-state index contributed by atoms with van der Waals surface area (Å²) < 4.78 is 13.5. The van der Waals surface area contributed by atoms with E-state index in [1.165, 1.54) is 31.2 Å². The van der Waals surface area contributed by atoms with Crippen LogP contribution in [0.5, 0.6) is 0 Å². The van der Waals surface area contributed by atoms with Crippen molar-refractivity contribution in [2.24, 2.45) is 16.9 Å². The predicted molar refractivity (Wildman–Crippen MR) is 129 cm³/mol. The topological polar surface area (TPSA) is 87.1 Å². The van der Waals surface area contributed by atoms with Crippen molar-refractivity contribution in [3.63, 3.8) is 0 Å². The van der Waals surface area contributed by atoms with Crippen LogP contribution in [0.4, 0.5) is 10.1 Å². The van der Waals surface area contributed by atoms with Crippen LogP contribution in [0.2, 0.25) is 0 Å². The van der Waals surface area contributed by atoms with E-state index in [1.807, 2.05) is 24.3 Å². The Morgan fingerprint density at radius 3 is 2.17 bits per heavy atom. The average Bonchev–Trinajstić information content (AvgIpc) is 3.36. The number of benzene rings is 3. The number of imide groups is 1. The number of fused-ring (bicyclic) bond motifs is 5. The quantitative estimate of drug-likeness (QED) is 0.418. The van der Waals surface area contributed by atoms with Crippen molar-refractivity contribution in [2.75, 3.05) is 4.90 Å². The number of ketones is 2. The van der Waals surface area contributed by atoms with Crippen LogP contribution in [-0.2, 0) is 9.59 Å². The molecule has 36 heavy (non-hydrogen) atoms. The van der Waals surface area contributed by atoms with E-state index in [9.17, 15) is 23.6 Å². The molecular weight excluding hydrogens is 461 g/mol. The third kappa shape index (κ3) is 3.14. The molecular formula is C28H20FN3O4. The molecule has 0 spiro atoms. The summed E-state index contributed by atoms with van der Waals surface area (Å²) in [6.07, 6.45) is 1.63. The van der Waals surface area contributed by atoms with Gasteiger partial charge in [0.15, 0.2) is 11.6 Å². The summed E-state index contributed by atoms with van der Waals surface area (Å²) in [5.74, 6) is -3.74. The molecule has 0 aromatic heterocycles. The predicted octanol–water partition coefficient (Wildman–Crippen LogP) is 3.79. The van der Waals surface area contributed by atoms with E-state index in [-0.39, 0.29) is 11.3 Å². The zero-order valence-electron chi connectivity index (χ0n) is 19.2. The number of hydrogen-bond acceptors (Lipinski definition) is 6. The Bertz CT molecular complexity index is 1460. The van der Waals surface area contributed by atoms with E-state index in [2.05, 4.69) is 5.10 Å². The molecule has 178 valence electrons. The van der Waals surface area contributed by atoms with Gasteiger partial charge < -0.3 is 0 Å². The Hall–Kier alpha value is -4.46. The van der Waals surface area contributed by atoms with Crippen molar-refractivity contribution in [1.29, 1.82) is 0 Å². The van der Waals surface area contributed by atoms with Crippen LogP contribution in [0.3, 0.4) is 0 Å². The van der Waals surface area contributed by atoms with E-state index in [4.69, 9.17) is 0 Å². The first-order valence-electron chi connectivity index (χ1n) is 11.6. The Balaban J connectivity index is 1.47. The fourth-order valence-corrected chi connectivity index (χ4v) is 5.55. The number of rotatable bonds is 4. The van der Waals surface area contributed by atoms with Crippen molar-refractivity contribution >= 4 is 35.3 Å². The van der Waals surface area contributed by atoms with Gasteiger partial charge in [-0.25, -0.2) is 9.29 Å². The van der Waals surface area contributed by atoms with Gasteiger partial charge in [-0.05, 0) is 66.6 Å². The summed E-state index contributed by atoms with van der Waals surface area (Å²) in [6, 6.07) is 17.2. The molecule has 3 aliphatic heterocycles. The third-order valence-corrected chi connectivity index (χ3v) is 7.22. The van der Waals surface area contributed by atoms with Crippen molar-refractivity contribution in [2.45, 2.75) is 19.0 Å². The molecule has 0 bridgehead atoms. The number of amides is 2. The van der Waals surface area contributed by atoms with Crippen LogP contribution in [0, 0.1) is 17.7 Å². The molecule has 8 heteroatoms. The Kier molecular flexibility index (Phi) is 4.93. The van der Waals surface area contributed by atoms with Crippen molar-refractivity contribution in [3.05, 3.63) is 101 Å². The summed E-state index contributed by atoms with van der Waals surface area (Å²) in [6.45, 7) is 1.44. The lowest BCUT2D eigenvalue weighted by Crippen LogP contribution is -2.44. The Morgan fingerprint density at radius 2 is 1.47 bits per heavy atom. The van der Waals surface area contributed by atoms with Gasteiger partial charge in [-0.2, -0.15) is 5.10 Å². The number of hydrazone groups is 1. The SMILES string of the molecule is CC(=O)c1ccc(N2C(=O)[C@@H]3[C@H](C2=O)[C@H]2c4ccccc4C=NN2[C@H]3C(=O)c2ccc(F)cc2)cc1. The first kappa shape index (κ1) is 22.0. The highest BCUT2D eigenvalue weighted by Gasteiger charge is 2.65. The minimum atomic E-state index is -1.03. The highest BCUT2D eigenvalue weighted by Crippen LogP contribution is 2.53. The minimum absolute atomic E-state index is 0.130. The van der Waals surface area contributed by atoms with Gasteiger partial charge in [-0.15, -0.1) is 0 Å². The number of nitrogens with zero attached hydrogens (tertiary/aromatic N) is 3. The first-order chi connectivity index (χ1) is 17.4. The summed E-state index contributed by atoms with van der Waals surface area (Å²) >= 11 is 0. The third-order valence-electron chi connectivity index (χ3n) is 7.22. The van der Waals surface area contributed by atoms with Gasteiger partial charge >= 0.3 is 0 Å². The summed E-state index contributed by atoms with van der Waals surface area (Å²) in [7, 11) is 0. The molecule has 3 heterocycles. The lowest BCUT2D eigenvalue weighted by Gasteiger charge is -2.33. The fourth-order valence-electron chi connectivity index (χ4n) is 5.55. The van der Waals surface area contributed by atoms with Gasteiger partial charge in [0.2, 0.25) is 11.8 Å². The lowest BCUT2D eigenvalue weighted by atomic mass is 9.83. The number of anilines is 1. The maximum atomic E-state index is 13.8. The van der Waals surface area contributed by atoms with Gasteiger partial charge in [0.1, 0.15) is 11.9 Å². The number of hydrogen-bond donors (Lipinski definition) is 0. The van der Waals surface area contributed by atoms with Crippen LogP contribution in [0.25, 0.3) is 0 Å². The zero-order chi connectivity index (χ0) is 25.1. The zero-order valence-corrected chi connectivity index (χ0v) is 19.2. The van der Waals surface area contributed by atoms with E-state index in [1.54, 1.807) is 35.5 Å². The number of Topliss-reactive ketones (excluding diaryl/α,β-unsaturated/α-hetero) is 2. The molecule has 2 saturated heterocycles. The molecule has 0 radical (unpaired) electrons. The number of carbonyl (C=O) groups is 4. The monoisotopic (exact) mass is 481 g/mol. The van der Waals surface area contributed by atoms with Crippen molar-refractivity contribution in [1.82, 2.24) is 5.01 Å². The molecule has 2 amide bonds. The Labute approximate surface area is 205 Å². The minimum Gasteiger partial charge on any atom is -0.295 e. The molecule has 7 nitrogen and oxygen atoms in total. The highest BCUT2D eigenvalue weighted by atomic mass is 19.1. The van der Waals surface area contributed by atoms with Crippen LogP contribution >= 0.6 is 0 Å². The van der Waals surface area contributed by atoms with Crippen LogP contribution in [0.15, 0.2) is 77.9 Å². The molecule has 2 fully saturated rings. The summed E-state index contributed by atoms with van der Waals surface area (Å²) in [4.78, 5) is 54.2. The summed E-state index contributed by atoms with van der Waals surface area (Å²) in [5, 5.41) is 6.08. The van der Waals surface area contributed by atoms with Crippen LogP contribution < -0.4 is 4.90 Å². The molecule has 0 aliphatic carbocycles. The van der Waals surface area contributed by atoms with E-state index >= 15 is 0 Å². The fraction of sp³-hybridized carbons (Fsp3) is 0.179. The van der Waals surface area contributed by atoms with Gasteiger partial charge in [-0.1, -0.05) is 24.3 Å². The van der Waals surface area contributed by atoms with Crippen LogP contribution in [0.1, 0.15) is 44.8 Å². The van der Waals surface area contributed by atoms with Gasteiger partial charge in [-0.3, -0.25) is 24.2 Å². The number of halogens is 1. The standard InChI is InChI=1S/C28H20FN3O4/c1-15(33)16-8-12-20(13-9-16)31-27(35)22-23(28(31)36)25(26(34)17-6-10-19(29)11-7-17)32-24(22)21-5-3-2-4-18(21)14-30-32/h2-14,22-25H,1H3/t22-,23+,24+,25+/m0/s1. The second kappa shape index (κ2) is 8.05. The maximum Gasteiger partial charge on any atom is 0.240 e. The van der Waals surface area contributed by atoms with E-state index < -0.39 is 47.3 Å². The first-order valence-corrected chi connectivity index (χ1v) is 11.6. The van der Waals surface area contributed by atoms with E-state index in [0.717, 1.165) is 16.0 Å². The Morgan fingerprint density at radius 1 is 0.833 bits per heavy atom. The van der Waals surface area contributed by atoms with Gasteiger partial charge in [0.05, 0.1) is 29.8 Å². The molecule has 6 rings (SSSR count). The smallest absolute Gasteiger partial charge is 0.240 e. The second-order valence-electron chi connectivity index (χ2n) is 9.18. The summed E-state index contributed by atoms with van der Waals surface area (Å²) in [5.41, 5.74) is 2.67. The molecule has 0 saturated carbocycles. The van der Waals surface area contributed by atoms with Crippen LogP contribution in [-0.4, -0.2) is 40.6 Å². The molecule has 3 aromatic carbocycles. The molecule has 0 N–H and O–H groups in total. The van der Waals surface area contributed by atoms with Crippen molar-refractivity contribution < 1.29 is 23.6 Å². The molecule has 3 aromatic rings. The van der Waals surface area contributed by atoms with Gasteiger partial charge in [0.25, 0.3) is 0 Å². The second-order valence-corrected chi connectivity index (χ2v) is 9.18. The molecule has 3 aliphatic rings. The molecule has 4 atom stereocenters. The largest absolute Gasteiger partial charge is 0.295 e. The van der Waals surface area contributed by atoms with Crippen molar-refractivity contribution in [3.8, 4) is 0 Å². The average molecular weight is 481 g/mol. The van der Waals surface area contributed by atoms with Gasteiger partial charge in [0, 0.05) is 11.1 Å². The molecule has 0 unspecified atom stereocenters. The highest BCUT2D eigenvalue weighted by molar-refractivity contribution is 6.24. The normalized spacial score (nSPS) is 23.9. The van der Waals surface area contributed by atoms with E-state index in [0.29, 0.717) is 11.3 Å². The maximum absolute atomic E-state index is 13.8. The lowest BCUT2D eigenvalue weighted by molar-refractivity contribution is -0.124.